The molecule has 3 aromatic rings. The molecular formula is C23H25N3O2. The number of nitrogens with one attached hydrogen (secondary N) is 1. The number of hydrogen-bond donors (Lipinski definition) is 1. The van der Waals surface area contributed by atoms with Gasteiger partial charge in [-0.15, -0.1) is 0 Å². The van der Waals surface area contributed by atoms with Crippen molar-refractivity contribution in [2.45, 2.75) is 6.42 Å². The lowest BCUT2D eigenvalue weighted by atomic mass is 10.0. The van der Waals surface area contributed by atoms with Crippen LogP contribution in [0.25, 0.3) is 22.2 Å². The van der Waals surface area contributed by atoms with E-state index in [4.69, 9.17) is 9.72 Å². The van der Waals surface area contributed by atoms with Gasteiger partial charge in [0, 0.05) is 24.0 Å². The van der Waals surface area contributed by atoms with Crippen molar-refractivity contribution in [3.8, 4) is 17.0 Å². The van der Waals surface area contributed by atoms with E-state index in [-0.39, 0.29) is 5.91 Å². The van der Waals surface area contributed by atoms with Crippen molar-refractivity contribution < 1.29 is 9.53 Å². The van der Waals surface area contributed by atoms with Gasteiger partial charge in [0.1, 0.15) is 5.75 Å². The molecule has 28 heavy (non-hydrogen) atoms. The van der Waals surface area contributed by atoms with Gasteiger partial charge in [0.25, 0.3) is 5.91 Å². The molecule has 1 saturated heterocycles. The monoisotopic (exact) mass is 375 g/mol. The number of fused-ring (bicyclic) bond motifs is 1. The summed E-state index contributed by atoms with van der Waals surface area (Å²) in [6.07, 6.45) is 1.04. The molecule has 2 aromatic carbocycles. The van der Waals surface area contributed by atoms with E-state index in [1.807, 2.05) is 66.5 Å². The molecule has 1 amide bonds. The molecule has 0 radical (unpaired) electrons. The number of rotatable bonds is 5. The predicted octanol–water partition coefficient (Wildman–Crippen LogP) is 3.59. The van der Waals surface area contributed by atoms with E-state index in [9.17, 15) is 4.79 Å². The fourth-order valence-corrected chi connectivity index (χ4v) is 3.90. The summed E-state index contributed by atoms with van der Waals surface area (Å²) in [6, 6.07) is 17.6. The molecule has 1 atom stereocenters. The highest BCUT2D eigenvalue weighted by molar-refractivity contribution is 6.07. The summed E-state index contributed by atoms with van der Waals surface area (Å²) >= 11 is 0. The first-order chi connectivity index (χ1) is 13.7. The molecule has 144 valence electrons. The van der Waals surface area contributed by atoms with Crippen LogP contribution in [0.1, 0.15) is 16.8 Å². The fraction of sp³-hybridized carbons (Fsp3) is 0.304. The summed E-state index contributed by atoms with van der Waals surface area (Å²) in [5.74, 6) is 1.41. The zero-order chi connectivity index (χ0) is 19.5. The quantitative estimate of drug-likeness (QED) is 0.740. The van der Waals surface area contributed by atoms with Crippen LogP contribution >= 0.6 is 0 Å². The van der Waals surface area contributed by atoms with Crippen LogP contribution in [0.2, 0.25) is 0 Å². The van der Waals surface area contributed by atoms with Gasteiger partial charge in [-0.2, -0.15) is 0 Å². The second-order valence-electron chi connectivity index (χ2n) is 7.26. The molecule has 0 bridgehead atoms. The van der Waals surface area contributed by atoms with Gasteiger partial charge in [0.15, 0.2) is 0 Å². The molecule has 0 spiro atoms. The Bertz CT molecular complexity index is 985. The largest absolute Gasteiger partial charge is 0.497 e. The molecule has 4 rings (SSSR count). The molecule has 5 heteroatoms. The Labute approximate surface area is 165 Å². The Morgan fingerprint density at radius 2 is 2.00 bits per heavy atom. The van der Waals surface area contributed by atoms with E-state index in [0.29, 0.717) is 5.92 Å². The fourth-order valence-electron chi connectivity index (χ4n) is 3.90. The second-order valence-corrected chi connectivity index (χ2v) is 7.26. The van der Waals surface area contributed by atoms with Gasteiger partial charge in [-0.1, -0.05) is 18.2 Å². The van der Waals surface area contributed by atoms with E-state index >= 15 is 0 Å². The molecule has 1 fully saturated rings. The highest BCUT2D eigenvalue weighted by Crippen LogP contribution is 2.28. The summed E-state index contributed by atoms with van der Waals surface area (Å²) < 4.78 is 5.25. The van der Waals surface area contributed by atoms with Gasteiger partial charge in [-0.05, 0) is 62.3 Å². The summed E-state index contributed by atoms with van der Waals surface area (Å²) in [4.78, 5) is 20.1. The maximum Gasteiger partial charge on any atom is 0.254 e. The van der Waals surface area contributed by atoms with Crippen LogP contribution in [0.3, 0.4) is 0 Å². The number of aromatic nitrogens is 1. The van der Waals surface area contributed by atoms with Gasteiger partial charge < -0.3 is 15.0 Å². The summed E-state index contributed by atoms with van der Waals surface area (Å²) in [5.41, 5.74) is 3.33. The molecular weight excluding hydrogens is 350 g/mol. The SMILES string of the molecule is CNCC1CCN(C(=O)c2cc(-c3ccc(OC)cc3)nc3ccccc23)C1. The molecule has 0 aliphatic carbocycles. The van der Waals surface area contributed by atoms with Gasteiger partial charge in [0.05, 0.1) is 23.9 Å². The van der Waals surface area contributed by atoms with Crippen molar-refractivity contribution in [2.75, 3.05) is 33.8 Å². The minimum absolute atomic E-state index is 0.0898. The summed E-state index contributed by atoms with van der Waals surface area (Å²) in [7, 11) is 3.61. The third-order valence-electron chi connectivity index (χ3n) is 5.40. The average molecular weight is 375 g/mol. The van der Waals surface area contributed by atoms with Crippen LogP contribution in [-0.4, -0.2) is 49.6 Å². The third-order valence-corrected chi connectivity index (χ3v) is 5.40. The Morgan fingerprint density at radius 1 is 1.21 bits per heavy atom. The standard InChI is InChI=1S/C23H25N3O2/c1-24-14-16-11-12-26(15-16)23(27)20-13-22(17-7-9-18(28-2)10-8-17)25-21-6-4-3-5-19(20)21/h3-10,13,16,24H,11-12,14-15H2,1-2H3. The average Bonchev–Trinajstić information content (AvgIpc) is 3.21. The van der Waals surface area contributed by atoms with Crippen molar-refractivity contribution in [1.29, 1.82) is 0 Å². The van der Waals surface area contributed by atoms with Crippen LogP contribution in [0, 0.1) is 5.92 Å². The Morgan fingerprint density at radius 3 is 2.75 bits per heavy atom. The smallest absolute Gasteiger partial charge is 0.254 e. The molecule has 0 saturated carbocycles. The van der Waals surface area contributed by atoms with E-state index in [2.05, 4.69) is 5.32 Å². The van der Waals surface area contributed by atoms with Crippen LogP contribution < -0.4 is 10.1 Å². The van der Waals surface area contributed by atoms with E-state index in [1.165, 1.54) is 0 Å². The number of ether oxygens (including phenoxy) is 1. The number of methoxy groups -OCH3 is 1. The topological polar surface area (TPSA) is 54.5 Å². The van der Waals surface area contributed by atoms with Crippen LogP contribution in [-0.2, 0) is 0 Å². The maximum atomic E-state index is 13.4. The van der Waals surface area contributed by atoms with Crippen molar-refractivity contribution in [1.82, 2.24) is 15.2 Å². The van der Waals surface area contributed by atoms with E-state index in [1.54, 1.807) is 7.11 Å². The molecule has 2 heterocycles. The van der Waals surface area contributed by atoms with Crippen LogP contribution in [0.5, 0.6) is 5.75 Å². The molecule has 5 nitrogen and oxygen atoms in total. The first-order valence-electron chi connectivity index (χ1n) is 9.67. The predicted molar refractivity (Wildman–Crippen MR) is 112 cm³/mol. The van der Waals surface area contributed by atoms with Crippen molar-refractivity contribution in [3.63, 3.8) is 0 Å². The first kappa shape index (κ1) is 18.4. The molecule has 1 unspecified atom stereocenters. The molecule has 1 aliphatic rings. The summed E-state index contributed by atoms with van der Waals surface area (Å²) in [6.45, 7) is 2.55. The van der Waals surface area contributed by atoms with Gasteiger partial charge >= 0.3 is 0 Å². The number of amides is 1. The minimum atomic E-state index is 0.0898. The number of likely N-dealkylation sites (tertiary alicyclic amines) is 1. The second kappa shape index (κ2) is 7.98. The molecule has 1 aliphatic heterocycles. The molecule has 1 N–H and O–H groups in total. The number of pyridine rings is 1. The number of benzene rings is 2. The van der Waals surface area contributed by atoms with Gasteiger partial charge in [-0.25, -0.2) is 4.98 Å². The lowest BCUT2D eigenvalue weighted by Gasteiger charge is -2.18. The lowest BCUT2D eigenvalue weighted by Crippen LogP contribution is -2.30. The van der Waals surface area contributed by atoms with Gasteiger partial charge in [0.2, 0.25) is 0 Å². The number of hydrogen-bond acceptors (Lipinski definition) is 4. The highest BCUT2D eigenvalue weighted by Gasteiger charge is 2.27. The van der Waals surface area contributed by atoms with Crippen molar-refractivity contribution in [3.05, 3.63) is 60.2 Å². The van der Waals surface area contributed by atoms with Crippen LogP contribution in [0.15, 0.2) is 54.6 Å². The van der Waals surface area contributed by atoms with E-state index in [0.717, 1.165) is 59.5 Å². The first-order valence-corrected chi connectivity index (χ1v) is 9.67. The number of carbonyl (C=O) groups is 1. The van der Waals surface area contributed by atoms with Crippen molar-refractivity contribution in [2.24, 2.45) is 5.92 Å². The van der Waals surface area contributed by atoms with Crippen molar-refractivity contribution >= 4 is 16.8 Å². The third kappa shape index (κ3) is 3.58. The summed E-state index contributed by atoms with van der Waals surface area (Å²) in [5, 5.41) is 4.12. The normalized spacial score (nSPS) is 16.5. The minimum Gasteiger partial charge on any atom is -0.497 e. The maximum absolute atomic E-state index is 13.4. The van der Waals surface area contributed by atoms with Gasteiger partial charge in [-0.3, -0.25) is 4.79 Å². The van der Waals surface area contributed by atoms with E-state index < -0.39 is 0 Å². The zero-order valence-electron chi connectivity index (χ0n) is 16.3. The molecule has 1 aromatic heterocycles. The zero-order valence-corrected chi connectivity index (χ0v) is 16.3. The lowest BCUT2D eigenvalue weighted by molar-refractivity contribution is 0.0789. The highest BCUT2D eigenvalue weighted by atomic mass is 16.5. The number of carbonyl (C=O) groups excluding carboxylic acids is 1. The number of para-hydroxylation sites is 1. The Hall–Kier alpha value is -2.92. The Kier molecular flexibility index (Phi) is 5.26. The number of nitrogens with zero attached hydrogens (tertiary/aromatic N) is 2. The van der Waals surface area contributed by atoms with Crippen LogP contribution in [0.4, 0.5) is 0 Å². The Balaban J connectivity index is 1.73.